The van der Waals surface area contributed by atoms with Gasteiger partial charge < -0.3 is 16.0 Å². The topological polar surface area (TPSA) is 112 Å². The number of hydrogen-bond donors (Lipinski definition) is 4. The number of halogens is 3. The van der Waals surface area contributed by atoms with E-state index in [1.165, 1.54) is 19.2 Å². The second-order valence-corrected chi connectivity index (χ2v) is 5.98. The predicted octanol–water partition coefficient (Wildman–Crippen LogP) is 2.94. The third-order valence-electron chi connectivity index (χ3n) is 3.49. The van der Waals surface area contributed by atoms with Crippen molar-refractivity contribution in [3.05, 3.63) is 59.7 Å². The lowest BCUT2D eigenvalue weighted by Crippen LogP contribution is -2.37. The molecule has 0 heterocycles. The van der Waals surface area contributed by atoms with Crippen LogP contribution in [0.1, 0.15) is 18.1 Å². The second kappa shape index (κ2) is 10.0. The summed E-state index contributed by atoms with van der Waals surface area (Å²) in [5, 5.41) is 10.7. The normalized spacial score (nSPS) is 11.1. The Morgan fingerprint density at radius 3 is 2.33 bits per heavy atom. The molecule has 0 saturated carbocycles. The van der Waals surface area contributed by atoms with E-state index in [1.807, 2.05) is 0 Å². The van der Waals surface area contributed by atoms with Crippen molar-refractivity contribution in [3.63, 3.8) is 0 Å². The molecule has 158 valence electrons. The average molecular weight is 421 g/mol. The summed E-state index contributed by atoms with van der Waals surface area (Å²) in [5.74, 6) is -0.839. The molecule has 0 aliphatic heterocycles. The number of benzene rings is 2. The first-order valence-electron chi connectivity index (χ1n) is 8.55. The zero-order chi connectivity index (χ0) is 22.1. The summed E-state index contributed by atoms with van der Waals surface area (Å²) >= 11 is 0. The first-order valence-corrected chi connectivity index (χ1v) is 8.55. The third-order valence-corrected chi connectivity index (χ3v) is 3.49. The molecule has 0 aliphatic carbocycles. The van der Waals surface area contributed by atoms with Crippen molar-refractivity contribution in [1.29, 1.82) is 0 Å². The van der Waals surface area contributed by atoms with Crippen molar-refractivity contribution in [2.24, 2.45) is 5.10 Å². The predicted molar refractivity (Wildman–Crippen MR) is 105 cm³/mol. The van der Waals surface area contributed by atoms with E-state index in [0.717, 1.165) is 18.2 Å². The van der Waals surface area contributed by atoms with Crippen LogP contribution in [-0.2, 0) is 15.8 Å². The van der Waals surface area contributed by atoms with E-state index in [4.69, 9.17) is 0 Å². The lowest BCUT2D eigenvalue weighted by atomic mass is 10.2. The Morgan fingerprint density at radius 2 is 1.70 bits per heavy atom. The molecule has 30 heavy (non-hydrogen) atoms. The minimum atomic E-state index is -4.53. The largest absolute Gasteiger partial charge is 0.416 e. The van der Waals surface area contributed by atoms with Gasteiger partial charge in [-0.3, -0.25) is 9.59 Å². The number of rotatable bonds is 6. The van der Waals surface area contributed by atoms with Crippen molar-refractivity contribution in [2.75, 3.05) is 17.2 Å². The SMILES string of the molecule is CC(=O)Nc1ccc(/C=N/NC(=O)CNC(=O)Nc2cccc(C(F)(F)F)c2)cc1. The highest BCUT2D eigenvalue weighted by Crippen LogP contribution is 2.30. The summed E-state index contributed by atoms with van der Waals surface area (Å²) in [5.41, 5.74) is 2.49. The zero-order valence-corrected chi connectivity index (χ0v) is 15.7. The van der Waals surface area contributed by atoms with Gasteiger partial charge in [-0.25, -0.2) is 10.2 Å². The second-order valence-electron chi connectivity index (χ2n) is 5.98. The Bertz CT molecular complexity index is 943. The van der Waals surface area contributed by atoms with Crippen molar-refractivity contribution >= 4 is 35.4 Å². The van der Waals surface area contributed by atoms with Gasteiger partial charge in [0.05, 0.1) is 11.8 Å². The molecule has 0 aromatic heterocycles. The molecule has 0 bridgehead atoms. The molecule has 8 nitrogen and oxygen atoms in total. The van der Waals surface area contributed by atoms with Crippen LogP contribution in [0, 0.1) is 0 Å². The standard InChI is InChI=1S/C19H18F3N5O3/c1-12(28)25-15-7-5-13(6-8-15)10-24-27-17(29)11-23-18(30)26-16-4-2-3-14(9-16)19(20,21)22/h2-10H,11H2,1H3,(H,25,28)(H,27,29)(H2,23,26,30)/b24-10+. The van der Waals surface area contributed by atoms with Crippen LogP contribution in [0.25, 0.3) is 0 Å². The average Bonchev–Trinajstić information content (AvgIpc) is 2.67. The van der Waals surface area contributed by atoms with Gasteiger partial charge in [0.2, 0.25) is 5.91 Å². The molecular formula is C19H18F3N5O3. The summed E-state index contributed by atoms with van der Waals surface area (Å²) in [7, 11) is 0. The number of anilines is 2. The van der Waals surface area contributed by atoms with Crippen molar-refractivity contribution in [1.82, 2.24) is 10.7 Å². The van der Waals surface area contributed by atoms with Crippen LogP contribution in [0.15, 0.2) is 53.6 Å². The molecule has 2 aromatic carbocycles. The minimum absolute atomic E-state index is 0.0662. The molecule has 0 saturated heterocycles. The summed E-state index contributed by atoms with van der Waals surface area (Å²) < 4.78 is 38.0. The number of nitrogens with zero attached hydrogens (tertiary/aromatic N) is 1. The first kappa shape index (κ1) is 22.4. The molecule has 2 rings (SSSR count). The van der Waals surface area contributed by atoms with Crippen LogP contribution < -0.4 is 21.4 Å². The highest BCUT2D eigenvalue weighted by atomic mass is 19.4. The maximum atomic E-state index is 12.7. The zero-order valence-electron chi connectivity index (χ0n) is 15.7. The number of hydrazone groups is 1. The van der Waals surface area contributed by atoms with E-state index in [1.54, 1.807) is 24.3 Å². The van der Waals surface area contributed by atoms with Crippen LogP contribution in [0.4, 0.5) is 29.3 Å². The molecule has 0 spiro atoms. The Labute approximate surface area is 169 Å². The van der Waals surface area contributed by atoms with Crippen LogP contribution in [0.3, 0.4) is 0 Å². The number of carbonyl (C=O) groups excluding carboxylic acids is 3. The van der Waals surface area contributed by atoms with Gasteiger partial charge in [-0.1, -0.05) is 18.2 Å². The van der Waals surface area contributed by atoms with E-state index < -0.39 is 30.2 Å². The lowest BCUT2D eigenvalue weighted by Gasteiger charge is -2.10. The summed E-state index contributed by atoms with van der Waals surface area (Å²) in [6.45, 7) is 0.947. The molecule has 0 unspecified atom stereocenters. The number of alkyl halides is 3. The minimum Gasteiger partial charge on any atom is -0.329 e. The van der Waals surface area contributed by atoms with Gasteiger partial charge >= 0.3 is 12.2 Å². The fraction of sp³-hybridized carbons (Fsp3) is 0.158. The van der Waals surface area contributed by atoms with Crippen molar-refractivity contribution < 1.29 is 27.6 Å². The Hall–Kier alpha value is -3.89. The van der Waals surface area contributed by atoms with Crippen LogP contribution in [0.2, 0.25) is 0 Å². The van der Waals surface area contributed by atoms with Gasteiger partial charge in [0.1, 0.15) is 6.54 Å². The fourth-order valence-electron chi connectivity index (χ4n) is 2.18. The fourth-order valence-corrected chi connectivity index (χ4v) is 2.18. The number of nitrogens with one attached hydrogen (secondary N) is 4. The molecule has 2 aromatic rings. The van der Waals surface area contributed by atoms with E-state index in [0.29, 0.717) is 11.3 Å². The molecule has 0 radical (unpaired) electrons. The van der Waals surface area contributed by atoms with Crippen molar-refractivity contribution in [2.45, 2.75) is 13.1 Å². The lowest BCUT2D eigenvalue weighted by molar-refractivity contribution is -0.137. The molecular weight excluding hydrogens is 403 g/mol. The van der Waals surface area contributed by atoms with Crippen LogP contribution in [-0.4, -0.2) is 30.6 Å². The number of carbonyl (C=O) groups is 3. The van der Waals surface area contributed by atoms with E-state index in [9.17, 15) is 27.6 Å². The van der Waals surface area contributed by atoms with E-state index in [-0.39, 0.29) is 11.6 Å². The van der Waals surface area contributed by atoms with Gasteiger partial charge in [0, 0.05) is 18.3 Å². The third kappa shape index (κ3) is 7.62. The highest BCUT2D eigenvalue weighted by Gasteiger charge is 2.30. The van der Waals surface area contributed by atoms with E-state index in [2.05, 4.69) is 26.5 Å². The number of hydrogen-bond acceptors (Lipinski definition) is 4. The summed E-state index contributed by atoms with van der Waals surface area (Å²) in [6.07, 6.45) is -3.17. The maximum absolute atomic E-state index is 12.7. The Kier molecular flexibility index (Phi) is 7.50. The molecule has 0 fully saturated rings. The van der Waals surface area contributed by atoms with Crippen molar-refractivity contribution in [3.8, 4) is 0 Å². The van der Waals surface area contributed by atoms with Gasteiger partial charge in [-0.15, -0.1) is 0 Å². The van der Waals surface area contributed by atoms with Gasteiger partial charge in [-0.05, 0) is 35.9 Å². The highest BCUT2D eigenvalue weighted by molar-refractivity contribution is 5.92. The van der Waals surface area contributed by atoms with E-state index >= 15 is 0 Å². The maximum Gasteiger partial charge on any atom is 0.416 e. The number of urea groups is 1. The smallest absolute Gasteiger partial charge is 0.329 e. The molecule has 4 amide bonds. The molecule has 4 N–H and O–H groups in total. The Morgan fingerprint density at radius 1 is 1.00 bits per heavy atom. The van der Waals surface area contributed by atoms with Gasteiger partial charge in [-0.2, -0.15) is 18.3 Å². The summed E-state index contributed by atoms with van der Waals surface area (Å²) in [4.78, 5) is 34.4. The number of amides is 4. The molecule has 0 atom stereocenters. The first-order chi connectivity index (χ1) is 14.1. The van der Waals surface area contributed by atoms with Crippen LogP contribution >= 0.6 is 0 Å². The molecule has 0 aliphatic rings. The van der Waals surface area contributed by atoms with Crippen LogP contribution in [0.5, 0.6) is 0 Å². The summed E-state index contributed by atoms with van der Waals surface area (Å²) in [6, 6.07) is 9.90. The monoisotopic (exact) mass is 421 g/mol. The van der Waals surface area contributed by atoms with Gasteiger partial charge in [0.15, 0.2) is 0 Å². The molecule has 11 heteroatoms. The van der Waals surface area contributed by atoms with Gasteiger partial charge in [0.25, 0.3) is 5.91 Å². The quantitative estimate of drug-likeness (QED) is 0.425. The Balaban J connectivity index is 1.77.